The summed E-state index contributed by atoms with van der Waals surface area (Å²) in [5, 5.41) is 3.12. The average Bonchev–Trinajstić information content (AvgIpc) is 2.30. The zero-order valence-corrected chi connectivity index (χ0v) is 9.57. The molecule has 3 nitrogen and oxygen atoms in total. The monoisotopic (exact) mass is 213 g/mol. The molecule has 2 aromatic rings. The van der Waals surface area contributed by atoms with Crippen molar-refractivity contribution in [2.45, 2.75) is 13.5 Å². The molecule has 0 fully saturated rings. The van der Waals surface area contributed by atoms with Crippen LogP contribution in [-0.4, -0.2) is 17.0 Å². The fraction of sp³-hybridized carbons (Fsp3) is 0.231. The van der Waals surface area contributed by atoms with Crippen molar-refractivity contribution in [1.29, 1.82) is 0 Å². The maximum absolute atomic E-state index is 4.26. The Bertz CT molecular complexity index is 480. The van der Waals surface area contributed by atoms with Crippen LogP contribution in [0.2, 0.25) is 0 Å². The summed E-state index contributed by atoms with van der Waals surface area (Å²) in [5.74, 6) is 0. The Labute approximate surface area is 95.6 Å². The molecule has 0 saturated carbocycles. The van der Waals surface area contributed by atoms with Crippen molar-refractivity contribution in [2.75, 3.05) is 7.05 Å². The fourth-order valence-corrected chi connectivity index (χ4v) is 1.73. The van der Waals surface area contributed by atoms with Crippen molar-refractivity contribution in [1.82, 2.24) is 15.3 Å². The molecule has 2 aromatic heterocycles. The van der Waals surface area contributed by atoms with Gasteiger partial charge in [-0.25, -0.2) is 0 Å². The number of pyridine rings is 2. The first-order valence-electron chi connectivity index (χ1n) is 5.31. The van der Waals surface area contributed by atoms with Gasteiger partial charge in [-0.05, 0) is 42.8 Å². The molecule has 3 heteroatoms. The Morgan fingerprint density at radius 3 is 2.81 bits per heavy atom. The molecule has 0 aliphatic carbocycles. The normalized spacial score (nSPS) is 10.4. The zero-order chi connectivity index (χ0) is 11.4. The lowest BCUT2D eigenvalue weighted by Crippen LogP contribution is -2.05. The van der Waals surface area contributed by atoms with Crippen molar-refractivity contribution in [3.05, 3.63) is 48.0 Å². The highest BCUT2D eigenvalue weighted by Crippen LogP contribution is 2.22. The van der Waals surface area contributed by atoms with E-state index in [1.165, 1.54) is 16.7 Å². The molecule has 0 spiro atoms. The van der Waals surface area contributed by atoms with E-state index in [9.17, 15) is 0 Å². The van der Waals surface area contributed by atoms with Crippen molar-refractivity contribution in [3.8, 4) is 11.1 Å². The largest absolute Gasteiger partial charge is 0.316 e. The van der Waals surface area contributed by atoms with Crippen LogP contribution in [0, 0.1) is 6.92 Å². The van der Waals surface area contributed by atoms with Gasteiger partial charge in [0, 0.05) is 36.9 Å². The van der Waals surface area contributed by atoms with Crippen LogP contribution >= 0.6 is 0 Å². The van der Waals surface area contributed by atoms with Crippen molar-refractivity contribution < 1.29 is 0 Å². The predicted octanol–water partition coefficient (Wildman–Crippen LogP) is 2.17. The Morgan fingerprint density at radius 2 is 2.06 bits per heavy atom. The third-order valence-electron chi connectivity index (χ3n) is 2.51. The zero-order valence-electron chi connectivity index (χ0n) is 9.57. The number of nitrogens with zero attached hydrogens (tertiary/aromatic N) is 2. The van der Waals surface area contributed by atoms with Crippen molar-refractivity contribution in [3.63, 3.8) is 0 Å². The number of rotatable bonds is 3. The van der Waals surface area contributed by atoms with Crippen LogP contribution in [0.4, 0.5) is 0 Å². The fourth-order valence-electron chi connectivity index (χ4n) is 1.73. The van der Waals surface area contributed by atoms with Crippen LogP contribution in [0.25, 0.3) is 11.1 Å². The standard InChI is InChI=1S/C13H15N3/c1-10-6-15-4-3-13(10)12-5-11(7-14-2)8-16-9-12/h3-6,8-9,14H,7H2,1-2H3. The highest BCUT2D eigenvalue weighted by molar-refractivity contribution is 5.65. The van der Waals surface area contributed by atoms with E-state index in [1.54, 1.807) is 0 Å². The summed E-state index contributed by atoms with van der Waals surface area (Å²) in [7, 11) is 1.93. The van der Waals surface area contributed by atoms with E-state index >= 15 is 0 Å². The minimum absolute atomic E-state index is 0.838. The van der Waals surface area contributed by atoms with Crippen LogP contribution in [0.3, 0.4) is 0 Å². The quantitative estimate of drug-likeness (QED) is 0.849. The summed E-state index contributed by atoms with van der Waals surface area (Å²) in [6.45, 7) is 2.90. The molecule has 2 heterocycles. The number of aryl methyl sites for hydroxylation is 1. The molecule has 0 saturated heterocycles. The first-order valence-corrected chi connectivity index (χ1v) is 5.31. The lowest BCUT2D eigenvalue weighted by atomic mass is 10.0. The molecule has 0 aromatic carbocycles. The molecule has 0 aliphatic rings. The third kappa shape index (κ3) is 2.25. The molecular formula is C13H15N3. The van der Waals surface area contributed by atoms with Gasteiger partial charge in [0.2, 0.25) is 0 Å². The van der Waals surface area contributed by atoms with Crippen LogP contribution in [0.1, 0.15) is 11.1 Å². The van der Waals surface area contributed by atoms with Gasteiger partial charge in [0.05, 0.1) is 0 Å². The summed E-state index contributed by atoms with van der Waals surface area (Å²) in [6.07, 6.45) is 7.46. The molecule has 1 N–H and O–H groups in total. The second-order valence-corrected chi connectivity index (χ2v) is 3.80. The van der Waals surface area contributed by atoms with Crippen LogP contribution in [-0.2, 0) is 6.54 Å². The van der Waals surface area contributed by atoms with Gasteiger partial charge in [0.1, 0.15) is 0 Å². The highest BCUT2D eigenvalue weighted by atomic mass is 14.8. The van der Waals surface area contributed by atoms with Gasteiger partial charge in [0.25, 0.3) is 0 Å². The highest BCUT2D eigenvalue weighted by Gasteiger charge is 2.02. The van der Waals surface area contributed by atoms with E-state index in [4.69, 9.17) is 0 Å². The van der Waals surface area contributed by atoms with Gasteiger partial charge >= 0.3 is 0 Å². The Hall–Kier alpha value is -1.74. The summed E-state index contributed by atoms with van der Waals surface area (Å²) in [4.78, 5) is 8.36. The first kappa shape index (κ1) is 10.8. The molecule has 0 amide bonds. The van der Waals surface area contributed by atoms with E-state index < -0.39 is 0 Å². The summed E-state index contributed by atoms with van der Waals surface area (Å²) >= 11 is 0. The molecule has 0 aliphatic heterocycles. The Balaban J connectivity index is 2.40. The second kappa shape index (κ2) is 4.86. The number of nitrogens with one attached hydrogen (secondary N) is 1. The number of aromatic nitrogens is 2. The van der Waals surface area contributed by atoms with Crippen LogP contribution in [0.15, 0.2) is 36.9 Å². The molecule has 0 radical (unpaired) electrons. The van der Waals surface area contributed by atoms with Crippen LogP contribution in [0.5, 0.6) is 0 Å². The van der Waals surface area contributed by atoms with E-state index in [1.807, 2.05) is 37.9 Å². The van der Waals surface area contributed by atoms with E-state index in [2.05, 4.69) is 28.3 Å². The maximum atomic E-state index is 4.26. The Morgan fingerprint density at radius 1 is 1.19 bits per heavy atom. The van der Waals surface area contributed by atoms with Gasteiger partial charge in [-0.15, -0.1) is 0 Å². The second-order valence-electron chi connectivity index (χ2n) is 3.80. The van der Waals surface area contributed by atoms with Gasteiger partial charge in [-0.3, -0.25) is 9.97 Å². The smallest absolute Gasteiger partial charge is 0.0346 e. The third-order valence-corrected chi connectivity index (χ3v) is 2.51. The molecule has 0 atom stereocenters. The van der Waals surface area contributed by atoms with E-state index in [0.717, 1.165) is 12.1 Å². The average molecular weight is 213 g/mol. The SMILES string of the molecule is CNCc1cncc(-c2ccncc2C)c1. The molecule has 0 bridgehead atoms. The lowest BCUT2D eigenvalue weighted by molar-refractivity contribution is 0.813. The van der Waals surface area contributed by atoms with Gasteiger partial charge < -0.3 is 5.32 Å². The Kier molecular flexibility index (Phi) is 3.27. The molecule has 0 unspecified atom stereocenters. The molecule has 2 rings (SSSR count). The molecule has 16 heavy (non-hydrogen) atoms. The molecule has 82 valence electrons. The summed E-state index contributed by atoms with van der Waals surface area (Å²) < 4.78 is 0. The number of hydrogen-bond acceptors (Lipinski definition) is 3. The predicted molar refractivity (Wildman–Crippen MR) is 65.0 cm³/mol. The lowest BCUT2D eigenvalue weighted by Gasteiger charge is -2.06. The minimum atomic E-state index is 0.838. The van der Waals surface area contributed by atoms with Crippen molar-refractivity contribution >= 4 is 0 Å². The van der Waals surface area contributed by atoms with Crippen molar-refractivity contribution in [2.24, 2.45) is 0 Å². The van der Waals surface area contributed by atoms with Gasteiger partial charge in [-0.1, -0.05) is 0 Å². The topological polar surface area (TPSA) is 37.8 Å². The summed E-state index contributed by atoms with van der Waals surface area (Å²) in [5.41, 5.74) is 4.70. The maximum Gasteiger partial charge on any atom is 0.0346 e. The van der Waals surface area contributed by atoms with Gasteiger partial charge in [0.15, 0.2) is 0 Å². The van der Waals surface area contributed by atoms with E-state index in [0.29, 0.717) is 0 Å². The molecular weight excluding hydrogens is 198 g/mol. The van der Waals surface area contributed by atoms with Gasteiger partial charge in [-0.2, -0.15) is 0 Å². The summed E-state index contributed by atoms with van der Waals surface area (Å²) in [6, 6.07) is 4.18. The number of hydrogen-bond donors (Lipinski definition) is 1. The van der Waals surface area contributed by atoms with Crippen LogP contribution < -0.4 is 5.32 Å². The van der Waals surface area contributed by atoms with E-state index in [-0.39, 0.29) is 0 Å². The first-order chi connectivity index (χ1) is 7.81. The minimum Gasteiger partial charge on any atom is -0.316 e.